The highest BCUT2D eigenvalue weighted by Crippen LogP contribution is 2.27. The van der Waals surface area contributed by atoms with E-state index in [0.29, 0.717) is 30.6 Å². The zero-order chi connectivity index (χ0) is 19.5. The maximum Gasteiger partial charge on any atom is 0.276 e. The van der Waals surface area contributed by atoms with Crippen molar-refractivity contribution in [3.05, 3.63) is 30.1 Å². The van der Waals surface area contributed by atoms with E-state index >= 15 is 0 Å². The highest BCUT2D eigenvalue weighted by atomic mass is 16.2. The van der Waals surface area contributed by atoms with E-state index in [1.807, 2.05) is 11.7 Å². The van der Waals surface area contributed by atoms with Gasteiger partial charge in [0.15, 0.2) is 11.5 Å². The Morgan fingerprint density at radius 2 is 1.86 bits per heavy atom. The molecule has 8 heteroatoms. The molecule has 2 aliphatic rings. The summed E-state index contributed by atoms with van der Waals surface area (Å²) < 4.78 is 3.61. The topological polar surface area (TPSA) is 85.9 Å². The van der Waals surface area contributed by atoms with Crippen LogP contribution >= 0.6 is 0 Å². The van der Waals surface area contributed by atoms with Crippen LogP contribution in [0.2, 0.25) is 0 Å². The van der Waals surface area contributed by atoms with Crippen LogP contribution in [0.3, 0.4) is 0 Å². The number of hydrogen-bond donors (Lipinski definition) is 0. The van der Waals surface area contributed by atoms with Crippen molar-refractivity contribution < 1.29 is 9.59 Å². The number of carbonyl (C=O) groups excluding carboxylic acids is 2. The minimum Gasteiger partial charge on any atom is -0.336 e. The lowest BCUT2D eigenvalue weighted by atomic mass is 9.93. The lowest BCUT2D eigenvalue weighted by Gasteiger charge is -2.31. The second kappa shape index (κ2) is 8.24. The Hall–Kier alpha value is -2.51. The number of aryl methyl sites for hydroxylation is 1. The summed E-state index contributed by atoms with van der Waals surface area (Å²) in [5.41, 5.74) is 0.384. The maximum absolute atomic E-state index is 13.0. The van der Waals surface area contributed by atoms with Crippen molar-refractivity contribution in [3.63, 3.8) is 0 Å². The molecule has 2 fully saturated rings. The van der Waals surface area contributed by atoms with E-state index in [9.17, 15) is 9.59 Å². The first kappa shape index (κ1) is 18.8. The van der Waals surface area contributed by atoms with Crippen LogP contribution in [0, 0.1) is 5.92 Å². The summed E-state index contributed by atoms with van der Waals surface area (Å²) in [4.78, 5) is 31.7. The fourth-order valence-corrected chi connectivity index (χ4v) is 4.40. The minimum absolute atomic E-state index is 0.00658. The lowest BCUT2D eigenvalue weighted by molar-refractivity contribution is 0.0628. The Morgan fingerprint density at radius 1 is 1.07 bits per heavy atom. The Balaban J connectivity index is 1.43. The first-order valence-electron chi connectivity index (χ1n) is 10.4. The van der Waals surface area contributed by atoms with Gasteiger partial charge in [0.1, 0.15) is 0 Å². The van der Waals surface area contributed by atoms with Crippen LogP contribution in [0.1, 0.15) is 78.5 Å². The molecule has 0 bridgehead atoms. The number of hydrogen-bond acceptors (Lipinski definition) is 5. The summed E-state index contributed by atoms with van der Waals surface area (Å²) in [7, 11) is 1.82. The highest BCUT2D eigenvalue weighted by Gasteiger charge is 2.32. The smallest absolute Gasteiger partial charge is 0.276 e. The van der Waals surface area contributed by atoms with Gasteiger partial charge in [-0.15, -0.1) is 5.10 Å². The van der Waals surface area contributed by atoms with Crippen LogP contribution in [0.25, 0.3) is 0 Å². The van der Waals surface area contributed by atoms with Crippen LogP contribution in [0.4, 0.5) is 0 Å². The van der Waals surface area contributed by atoms with Gasteiger partial charge < -0.3 is 9.47 Å². The summed E-state index contributed by atoms with van der Waals surface area (Å²) in [6.45, 7) is 1.07. The second-order valence-corrected chi connectivity index (χ2v) is 8.05. The summed E-state index contributed by atoms with van der Waals surface area (Å²) in [6, 6.07) is 0.343. The normalized spacial score (nSPS) is 21.5. The molecule has 2 aromatic rings. The van der Waals surface area contributed by atoms with E-state index in [2.05, 4.69) is 15.3 Å². The van der Waals surface area contributed by atoms with Crippen LogP contribution in [0.15, 0.2) is 18.6 Å². The van der Waals surface area contributed by atoms with Crippen molar-refractivity contribution >= 4 is 11.7 Å². The van der Waals surface area contributed by atoms with Crippen molar-refractivity contribution in [2.75, 3.05) is 13.1 Å². The Kier molecular flexibility index (Phi) is 5.54. The van der Waals surface area contributed by atoms with Crippen molar-refractivity contribution in [1.82, 2.24) is 29.4 Å². The summed E-state index contributed by atoms with van der Waals surface area (Å²) in [5.74, 6) is 0.124. The van der Waals surface area contributed by atoms with Crippen molar-refractivity contribution in [1.29, 1.82) is 0 Å². The molecule has 1 aliphatic heterocycles. The zero-order valence-electron chi connectivity index (χ0n) is 16.5. The Labute approximate surface area is 164 Å². The number of piperidine rings is 1. The number of imidazole rings is 1. The fourth-order valence-electron chi connectivity index (χ4n) is 4.40. The number of ketones is 1. The van der Waals surface area contributed by atoms with Crippen molar-refractivity contribution in [3.8, 4) is 0 Å². The number of rotatable bonds is 4. The average Bonchev–Trinajstić information content (AvgIpc) is 3.29. The number of likely N-dealkylation sites (tertiary alicyclic amines) is 1. The molecule has 0 aromatic carbocycles. The molecule has 1 atom stereocenters. The molecule has 1 amide bonds. The molecule has 0 spiro atoms. The average molecular weight is 384 g/mol. The van der Waals surface area contributed by atoms with Gasteiger partial charge in [0.25, 0.3) is 5.91 Å². The molecular weight excluding hydrogens is 356 g/mol. The van der Waals surface area contributed by atoms with Gasteiger partial charge in [-0.05, 0) is 25.7 Å². The van der Waals surface area contributed by atoms with E-state index in [-0.39, 0.29) is 17.6 Å². The quantitative estimate of drug-likeness (QED) is 0.597. The third-order valence-electron chi connectivity index (χ3n) is 6.05. The van der Waals surface area contributed by atoms with Crippen molar-refractivity contribution in [2.45, 2.75) is 57.4 Å². The molecule has 8 nitrogen and oxygen atoms in total. The van der Waals surface area contributed by atoms with Crippen LogP contribution in [0.5, 0.6) is 0 Å². The largest absolute Gasteiger partial charge is 0.336 e. The third kappa shape index (κ3) is 3.86. The SMILES string of the molecule is Cn1ccnc1C(=O)[C@@H]1CCCN(C(=O)c2cn(C3CCCCCC3)nn2)C1. The van der Waals surface area contributed by atoms with Crippen LogP contribution in [-0.2, 0) is 7.05 Å². The van der Waals surface area contributed by atoms with E-state index in [4.69, 9.17) is 0 Å². The molecule has 0 unspecified atom stereocenters. The van der Waals surface area contributed by atoms with Crippen molar-refractivity contribution in [2.24, 2.45) is 13.0 Å². The minimum atomic E-state index is -0.212. The van der Waals surface area contributed by atoms with Gasteiger partial charge in [0, 0.05) is 38.4 Å². The van der Waals surface area contributed by atoms with E-state index < -0.39 is 0 Å². The first-order valence-corrected chi connectivity index (χ1v) is 10.4. The molecule has 1 saturated carbocycles. The molecule has 1 aliphatic carbocycles. The number of amides is 1. The van der Waals surface area contributed by atoms with E-state index in [1.54, 1.807) is 28.1 Å². The highest BCUT2D eigenvalue weighted by molar-refractivity contribution is 5.96. The Morgan fingerprint density at radius 3 is 2.57 bits per heavy atom. The van der Waals surface area contributed by atoms with E-state index in [1.165, 1.54) is 25.7 Å². The van der Waals surface area contributed by atoms with Gasteiger partial charge in [-0.2, -0.15) is 0 Å². The number of nitrogens with zero attached hydrogens (tertiary/aromatic N) is 6. The van der Waals surface area contributed by atoms with E-state index in [0.717, 1.165) is 25.7 Å². The summed E-state index contributed by atoms with van der Waals surface area (Å²) in [6.07, 6.45) is 13.9. The zero-order valence-corrected chi connectivity index (χ0v) is 16.5. The van der Waals surface area contributed by atoms with Crippen LogP contribution in [-0.4, -0.2) is 54.2 Å². The monoisotopic (exact) mass is 384 g/mol. The molecular formula is C20H28N6O2. The molecule has 28 heavy (non-hydrogen) atoms. The molecule has 0 radical (unpaired) electrons. The molecule has 0 N–H and O–H groups in total. The Bertz CT molecular complexity index is 833. The van der Waals surface area contributed by atoms with Gasteiger partial charge >= 0.3 is 0 Å². The third-order valence-corrected chi connectivity index (χ3v) is 6.05. The van der Waals surface area contributed by atoms with Gasteiger partial charge in [0.2, 0.25) is 5.78 Å². The summed E-state index contributed by atoms with van der Waals surface area (Å²) >= 11 is 0. The first-order chi connectivity index (χ1) is 13.6. The van der Waals surface area contributed by atoms with Crippen LogP contribution < -0.4 is 0 Å². The van der Waals surface area contributed by atoms with Gasteiger partial charge in [0.05, 0.1) is 12.2 Å². The van der Waals surface area contributed by atoms with Gasteiger partial charge in [-0.3, -0.25) is 9.59 Å². The molecule has 4 rings (SSSR count). The van der Waals surface area contributed by atoms with Gasteiger partial charge in [-0.1, -0.05) is 30.9 Å². The lowest BCUT2D eigenvalue weighted by Crippen LogP contribution is -2.42. The number of Topliss-reactive ketones (excluding diaryl/α,β-unsaturated/α-hetero) is 1. The second-order valence-electron chi connectivity index (χ2n) is 8.05. The fraction of sp³-hybridized carbons (Fsp3) is 0.650. The summed E-state index contributed by atoms with van der Waals surface area (Å²) in [5, 5.41) is 8.39. The molecule has 3 heterocycles. The maximum atomic E-state index is 13.0. The number of aromatic nitrogens is 5. The molecule has 1 saturated heterocycles. The predicted octanol–water partition coefficient (Wildman–Crippen LogP) is 2.64. The standard InChI is InChI=1S/C20H28N6O2/c1-24-12-10-21-19(24)18(27)15-7-6-11-25(13-15)20(28)17-14-26(23-22-17)16-8-4-2-3-5-9-16/h10,12,14-16H,2-9,11,13H2,1H3/t15-/m1/s1. The van der Waals surface area contributed by atoms with Gasteiger partial charge in [-0.25, -0.2) is 9.67 Å². The molecule has 150 valence electrons. The number of carbonyl (C=O) groups is 2. The predicted molar refractivity (Wildman–Crippen MR) is 103 cm³/mol. The molecule has 2 aromatic heterocycles.